The van der Waals surface area contributed by atoms with Crippen LogP contribution < -0.4 is 14.2 Å². The van der Waals surface area contributed by atoms with Crippen LogP contribution in [0.15, 0.2) is 12.1 Å². The van der Waals surface area contributed by atoms with E-state index in [9.17, 15) is 4.79 Å². The van der Waals surface area contributed by atoms with Crippen LogP contribution in [0.25, 0.3) is 0 Å². The monoisotopic (exact) mass is 338 g/mol. The van der Waals surface area contributed by atoms with E-state index in [4.69, 9.17) is 18.9 Å². The highest BCUT2D eigenvalue weighted by Crippen LogP contribution is 2.38. The van der Waals surface area contributed by atoms with Gasteiger partial charge in [-0.2, -0.15) is 0 Å². The van der Waals surface area contributed by atoms with Gasteiger partial charge in [0.05, 0.1) is 27.4 Å². The number of methoxy groups -OCH3 is 2. The molecule has 134 valence electrons. The molecular weight excluding hydrogens is 312 g/mol. The van der Waals surface area contributed by atoms with Gasteiger partial charge in [-0.15, -0.1) is 0 Å². The molecule has 1 aromatic rings. The first-order valence-corrected chi connectivity index (χ1v) is 7.97. The van der Waals surface area contributed by atoms with E-state index in [2.05, 4.69) is 0 Å². The zero-order valence-electron chi connectivity index (χ0n) is 14.8. The van der Waals surface area contributed by atoms with Gasteiger partial charge in [-0.05, 0) is 26.2 Å². The first-order chi connectivity index (χ1) is 11.6. The molecule has 2 rings (SSSR count). The molecule has 0 N–H and O–H groups in total. The summed E-state index contributed by atoms with van der Waals surface area (Å²) >= 11 is 0. The fourth-order valence-corrected chi connectivity index (χ4v) is 2.42. The summed E-state index contributed by atoms with van der Waals surface area (Å²) in [6, 6.07) is 3.40. The molecule has 7 nitrogen and oxygen atoms in total. The molecule has 1 fully saturated rings. The van der Waals surface area contributed by atoms with Crippen molar-refractivity contribution in [3.8, 4) is 17.2 Å². The van der Waals surface area contributed by atoms with Gasteiger partial charge < -0.3 is 28.7 Å². The molecule has 1 aromatic carbocycles. The zero-order chi connectivity index (χ0) is 17.5. The summed E-state index contributed by atoms with van der Waals surface area (Å²) in [4.78, 5) is 16.5. The second kappa shape index (κ2) is 8.75. The van der Waals surface area contributed by atoms with Crippen LogP contribution in [0.3, 0.4) is 0 Å². The molecule has 0 radical (unpaired) electrons. The van der Waals surface area contributed by atoms with Crippen LogP contribution in [0, 0.1) is 0 Å². The van der Waals surface area contributed by atoms with Crippen molar-refractivity contribution in [2.45, 2.75) is 0 Å². The summed E-state index contributed by atoms with van der Waals surface area (Å²) in [6.45, 7) is 3.56. The Kier molecular flexibility index (Phi) is 6.69. The van der Waals surface area contributed by atoms with E-state index in [-0.39, 0.29) is 5.91 Å². The first-order valence-electron chi connectivity index (χ1n) is 7.97. The number of hydrogen-bond acceptors (Lipinski definition) is 6. The van der Waals surface area contributed by atoms with Crippen LogP contribution in [-0.2, 0) is 4.74 Å². The number of benzene rings is 1. The molecule has 0 bridgehead atoms. The van der Waals surface area contributed by atoms with Gasteiger partial charge in [0.15, 0.2) is 11.5 Å². The lowest BCUT2D eigenvalue weighted by Crippen LogP contribution is -2.40. The van der Waals surface area contributed by atoms with E-state index in [0.717, 1.165) is 6.54 Å². The number of nitrogens with zero attached hydrogens (tertiary/aromatic N) is 2. The van der Waals surface area contributed by atoms with Crippen LogP contribution in [0.2, 0.25) is 0 Å². The van der Waals surface area contributed by atoms with Crippen molar-refractivity contribution in [2.24, 2.45) is 0 Å². The summed E-state index contributed by atoms with van der Waals surface area (Å²) in [6.07, 6.45) is 0. The molecule has 0 spiro atoms. The second-order valence-corrected chi connectivity index (χ2v) is 5.77. The lowest BCUT2D eigenvalue weighted by molar-refractivity contribution is 0.0302. The maximum absolute atomic E-state index is 12.7. The topological polar surface area (TPSA) is 60.5 Å². The minimum atomic E-state index is -0.0604. The molecule has 1 heterocycles. The van der Waals surface area contributed by atoms with Gasteiger partial charge >= 0.3 is 0 Å². The summed E-state index contributed by atoms with van der Waals surface area (Å²) in [5.41, 5.74) is 0.519. The average Bonchev–Trinajstić information content (AvgIpc) is 2.61. The van der Waals surface area contributed by atoms with Crippen LogP contribution >= 0.6 is 0 Å². The molecule has 1 aliphatic rings. The van der Waals surface area contributed by atoms with Gasteiger partial charge in [-0.1, -0.05) is 0 Å². The molecule has 24 heavy (non-hydrogen) atoms. The third-order valence-corrected chi connectivity index (χ3v) is 3.79. The predicted molar refractivity (Wildman–Crippen MR) is 90.3 cm³/mol. The van der Waals surface area contributed by atoms with Gasteiger partial charge in [0.1, 0.15) is 6.61 Å². The lowest BCUT2D eigenvalue weighted by Gasteiger charge is -2.27. The van der Waals surface area contributed by atoms with Crippen molar-refractivity contribution in [1.29, 1.82) is 0 Å². The molecular formula is C17H26N2O5. The maximum atomic E-state index is 12.7. The van der Waals surface area contributed by atoms with Crippen LogP contribution in [0.4, 0.5) is 0 Å². The van der Waals surface area contributed by atoms with E-state index in [0.29, 0.717) is 55.7 Å². The van der Waals surface area contributed by atoms with Crippen molar-refractivity contribution in [3.63, 3.8) is 0 Å². The number of amides is 1. The Morgan fingerprint density at radius 3 is 2.25 bits per heavy atom. The van der Waals surface area contributed by atoms with Crippen molar-refractivity contribution >= 4 is 5.91 Å². The Balaban J connectivity index is 2.22. The van der Waals surface area contributed by atoms with Gasteiger partial charge in [0.2, 0.25) is 5.75 Å². The Hall–Kier alpha value is -1.99. The fourth-order valence-electron chi connectivity index (χ4n) is 2.42. The van der Waals surface area contributed by atoms with Gasteiger partial charge in [0.25, 0.3) is 5.91 Å². The number of ether oxygens (including phenoxy) is 4. The minimum Gasteiger partial charge on any atom is -0.493 e. The molecule has 1 amide bonds. The molecule has 0 atom stereocenters. The van der Waals surface area contributed by atoms with Crippen LogP contribution in [0.1, 0.15) is 10.4 Å². The summed E-state index contributed by atoms with van der Waals surface area (Å²) in [5, 5.41) is 0. The van der Waals surface area contributed by atoms with Gasteiger partial charge in [-0.3, -0.25) is 4.79 Å². The standard InChI is InChI=1S/C17H26N2O5/c1-18(2)5-10-24-16-14(21-3)11-13(12-15(16)22-4)17(20)19-6-8-23-9-7-19/h11-12H,5-10H2,1-4H3. The zero-order valence-corrected chi connectivity index (χ0v) is 14.8. The van der Waals surface area contributed by atoms with E-state index in [1.165, 1.54) is 0 Å². The fraction of sp³-hybridized carbons (Fsp3) is 0.588. The van der Waals surface area contributed by atoms with Crippen molar-refractivity contribution < 1.29 is 23.7 Å². The predicted octanol–water partition coefficient (Wildman–Crippen LogP) is 1.12. The maximum Gasteiger partial charge on any atom is 0.254 e. The van der Waals surface area contributed by atoms with E-state index >= 15 is 0 Å². The molecule has 0 aliphatic carbocycles. The number of hydrogen-bond donors (Lipinski definition) is 0. The van der Waals surface area contributed by atoms with Gasteiger partial charge in [-0.25, -0.2) is 0 Å². The summed E-state index contributed by atoms with van der Waals surface area (Å²) < 4.78 is 21.9. The molecule has 1 aliphatic heterocycles. The van der Waals surface area contributed by atoms with Crippen molar-refractivity contribution in [3.05, 3.63) is 17.7 Å². The third kappa shape index (κ3) is 4.52. The Morgan fingerprint density at radius 1 is 1.17 bits per heavy atom. The highest BCUT2D eigenvalue weighted by atomic mass is 16.5. The Morgan fingerprint density at radius 2 is 1.75 bits per heavy atom. The summed E-state index contributed by atoms with van der Waals surface area (Å²) in [7, 11) is 7.05. The Labute approximate surface area is 143 Å². The summed E-state index contributed by atoms with van der Waals surface area (Å²) in [5.74, 6) is 1.43. The third-order valence-electron chi connectivity index (χ3n) is 3.79. The number of carbonyl (C=O) groups excluding carboxylic acids is 1. The Bertz CT molecular complexity index is 531. The lowest BCUT2D eigenvalue weighted by atomic mass is 10.1. The molecule has 7 heteroatoms. The normalized spacial score (nSPS) is 14.6. The average molecular weight is 338 g/mol. The SMILES string of the molecule is COc1cc(C(=O)N2CCOCC2)cc(OC)c1OCCN(C)C. The molecule has 0 unspecified atom stereocenters. The number of carbonyl (C=O) groups is 1. The van der Waals surface area contributed by atoms with E-state index in [1.807, 2.05) is 19.0 Å². The number of rotatable bonds is 7. The molecule has 0 aromatic heterocycles. The van der Waals surface area contributed by atoms with Gasteiger partial charge in [0, 0.05) is 25.2 Å². The highest BCUT2D eigenvalue weighted by molar-refractivity contribution is 5.95. The largest absolute Gasteiger partial charge is 0.493 e. The minimum absolute atomic E-state index is 0.0604. The van der Waals surface area contributed by atoms with Crippen molar-refractivity contribution in [1.82, 2.24) is 9.80 Å². The molecule has 0 saturated carbocycles. The van der Waals surface area contributed by atoms with Crippen LogP contribution in [-0.4, -0.2) is 83.5 Å². The first kappa shape index (κ1) is 18.4. The van der Waals surface area contributed by atoms with E-state index < -0.39 is 0 Å². The van der Waals surface area contributed by atoms with Crippen molar-refractivity contribution in [2.75, 3.05) is 67.8 Å². The number of morpholine rings is 1. The highest BCUT2D eigenvalue weighted by Gasteiger charge is 2.22. The number of likely N-dealkylation sites (N-methyl/N-ethyl adjacent to an activating group) is 1. The smallest absolute Gasteiger partial charge is 0.254 e. The quantitative estimate of drug-likeness (QED) is 0.742. The molecule has 1 saturated heterocycles. The van der Waals surface area contributed by atoms with E-state index in [1.54, 1.807) is 31.3 Å². The van der Waals surface area contributed by atoms with Crippen LogP contribution in [0.5, 0.6) is 17.2 Å². The second-order valence-electron chi connectivity index (χ2n) is 5.77.